The van der Waals surface area contributed by atoms with Gasteiger partial charge in [0.2, 0.25) is 5.91 Å². The molecule has 0 unspecified atom stereocenters. The minimum atomic E-state index is -1.04. The van der Waals surface area contributed by atoms with Gasteiger partial charge in [0.15, 0.2) is 24.0 Å². The van der Waals surface area contributed by atoms with Gasteiger partial charge < -0.3 is 39.1 Å². The molecule has 3 aliphatic rings. The number of carbonyl (C=O) groups is 2. The second-order valence-corrected chi connectivity index (χ2v) is 9.01. The van der Waals surface area contributed by atoms with Crippen molar-refractivity contribution in [2.45, 2.75) is 82.9 Å². The maximum absolute atomic E-state index is 13.1. The van der Waals surface area contributed by atoms with Crippen LogP contribution in [-0.2, 0) is 33.3 Å². The smallest absolute Gasteiger partial charge is 0.252 e. The summed E-state index contributed by atoms with van der Waals surface area (Å²) < 4.78 is 34.9. The normalized spacial score (nSPS) is 33.0. The Morgan fingerprint density at radius 3 is 2.31 bits per heavy atom. The quantitative estimate of drug-likeness (QED) is 0.695. The predicted molar refractivity (Wildman–Crippen MR) is 112 cm³/mol. The lowest BCUT2D eigenvalue weighted by atomic mass is 9.98. The Bertz CT molecular complexity index is 888. The largest absolute Gasteiger partial charge is 0.495 e. The lowest BCUT2D eigenvalue weighted by Gasteiger charge is -2.36. The highest BCUT2D eigenvalue weighted by atomic mass is 16.9. The highest BCUT2D eigenvalue weighted by Crippen LogP contribution is 2.44. The summed E-state index contributed by atoms with van der Waals surface area (Å²) in [6.45, 7) is 8.65. The van der Waals surface area contributed by atoms with Gasteiger partial charge in [-0.15, -0.1) is 0 Å². The van der Waals surface area contributed by atoms with Gasteiger partial charge in [0.1, 0.15) is 30.1 Å². The predicted octanol–water partition coefficient (Wildman–Crippen LogP) is 1.53. The average Bonchev–Trinajstić information content (AvgIpc) is 3.21. The number of hydrogen-bond donors (Lipinski definition) is 2. The molecule has 4 rings (SSSR count). The van der Waals surface area contributed by atoms with Crippen LogP contribution in [0.15, 0.2) is 24.3 Å². The fourth-order valence-corrected chi connectivity index (χ4v) is 4.17. The van der Waals surface area contributed by atoms with Crippen molar-refractivity contribution >= 4 is 17.5 Å². The molecular formula is C22H30N2O8. The van der Waals surface area contributed by atoms with Crippen LogP contribution in [0.5, 0.6) is 5.75 Å². The standard InChI is InChI=1S/C22H30N2O8/c1-11(18(25)24-12-9-7-8-10-13(12)27-6)23-19(26)16-14-15(30-21(2,3)29-14)17-20(28-16)32-22(4,5)31-17/h7-11,14-17,20H,1-6H3,(H,23,26)(H,24,25)/t11-,14+,15+,16-,17+,20-/m1/s1. The topological polar surface area (TPSA) is 114 Å². The second kappa shape index (κ2) is 8.27. The molecule has 3 fully saturated rings. The van der Waals surface area contributed by atoms with Crippen molar-refractivity contribution < 1.29 is 38.0 Å². The molecule has 10 heteroatoms. The number of benzene rings is 1. The molecule has 0 aliphatic carbocycles. The summed E-state index contributed by atoms with van der Waals surface area (Å²) in [5.74, 6) is -2.20. The summed E-state index contributed by atoms with van der Waals surface area (Å²) in [6, 6.07) is 6.17. The van der Waals surface area contributed by atoms with Crippen LogP contribution in [0, 0.1) is 0 Å². The number of fused-ring (bicyclic) bond motifs is 3. The third kappa shape index (κ3) is 4.46. The van der Waals surface area contributed by atoms with Crippen molar-refractivity contribution in [1.29, 1.82) is 0 Å². The Hall–Kier alpha value is -2.24. The molecule has 1 aromatic carbocycles. The van der Waals surface area contributed by atoms with Crippen molar-refractivity contribution in [3.05, 3.63) is 24.3 Å². The minimum Gasteiger partial charge on any atom is -0.495 e. The van der Waals surface area contributed by atoms with Crippen molar-refractivity contribution in [2.75, 3.05) is 12.4 Å². The minimum absolute atomic E-state index is 0.404. The van der Waals surface area contributed by atoms with E-state index in [-0.39, 0.29) is 0 Å². The third-order valence-corrected chi connectivity index (χ3v) is 5.53. The summed E-state index contributed by atoms with van der Waals surface area (Å²) in [6.07, 6.45) is -3.64. The molecule has 32 heavy (non-hydrogen) atoms. The first-order valence-electron chi connectivity index (χ1n) is 10.6. The van der Waals surface area contributed by atoms with E-state index in [1.807, 2.05) is 0 Å². The lowest BCUT2D eigenvalue weighted by molar-refractivity contribution is -0.231. The SMILES string of the molecule is COc1ccccc1NC(=O)[C@@H](C)NC(=O)[C@@H]1O[C@@H]2OC(C)(C)O[C@H]2[C@H]2OC(C)(C)O[C@@H]21. The Morgan fingerprint density at radius 1 is 0.969 bits per heavy atom. The number of rotatable bonds is 5. The van der Waals surface area contributed by atoms with Gasteiger partial charge in [-0.1, -0.05) is 12.1 Å². The monoisotopic (exact) mass is 450 g/mol. The second-order valence-electron chi connectivity index (χ2n) is 9.01. The fraction of sp³-hybridized carbons (Fsp3) is 0.636. The van der Waals surface area contributed by atoms with Crippen molar-refractivity contribution in [1.82, 2.24) is 5.32 Å². The molecular weight excluding hydrogens is 420 g/mol. The van der Waals surface area contributed by atoms with E-state index in [1.165, 1.54) is 7.11 Å². The Labute approximate surface area is 186 Å². The Morgan fingerprint density at radius 2 is 1.59 bits per heavy atom. The van der Waals surface area contributed by atoms with Gasteiger partial charge in [-0.25, -0.2) is 0 Å². The molecule has 0 saturated carbocycles. The maximum atomic E-state index is 13.1. The Kier molecular flexibility index (Phi) is 5.93. The van der Waals surface area contributed by atoms with Gasteiger partial charge in [-0.3, -0.25) is 9.59 Å². The molecule has 3 aliphatic heterocycles. The molecule has 2 amide bonds. The Balaban J connectivity index is 1.45. The van der Waals surface area contributed by atoms with Crippen molar-refractivity contribution in [2.24, 2.45) is 0 Å². The van der Waals surface area contributed by atoms with E-state index >= 15 is 0 Å². The van der Waals surface area contributed by atoms with E-state index < -0.39 is 60.1 Å². The number of amides is 2. The van der Waals surface area contributed by atoms with Crippen LogP contribution in [0.1, 0.15) is 34.6 Å². The van der Waals surface area contributed by atoms with Crippen LogP contribution in [0.25, 0.3) is 0 Å². The lowest BCUT2D eigenvalue weighted by Crippen LogP contribution is -2.60. The summed E-state index contributed by atoms with van der Waals surface area (Å²) in [5, 5.41) is 5.46. The summed E-state index contributed by atoms with van der Waals surface area (Å²) >= 11 is 0. The zero-order valence-corrected chi connectivity index (χ0v) is 19.0. The van der Waals surface area contributed by atoms with E-state index in [0.717, 1.165) is 0 Å². The van der Waals surface area contributed by atoms with Gasteiger partial charge in [0.05, 0.1) is 12.8 Å². The number of hydrogen-bond acceptors (Lipinski definition) is 8. The van der Waals surface area contributed by atoms with Crippen LogP contribution in [0.4, 0.5) is 5.69 Å². The number of ether oxygens (including phenoxy) is 6. The van der Waals surface area contributed by atoms with Crippen molar-refractivity contribution in [3.63, 3.8) is 0 Å². The highest BCUT2D eigenvalue weighted by Gasteiger charge is 2.62. The number of nitrogens with one attached hydrogen (secondary N) is 2. The maximum Gasteiger partial charge on any atom is 0.252 e. The first-order chi connectivity index (χ1) is 15.0. The first-order valence-corrected chi connectivity index (χ1v) is 10.6. The number of para-hydroxylation sites is 2. The molecule has 176 valence electrons. The third-order valence-electron chi connectivity index (χ3n) is 5.53. The summed E-state index contributed by atoms with van der Waals surface area (Å²) in [5.41, 5.74) is 0.505. The molecule has 0 aromatic heterocycles. The van der Waals surface area contributed by atoms with Crippen LogP contribution in [-0.4, -0.2) is 67.2 Å². The molecule has 0 radical (unpaired) electrons. The van der Waals surface area contributed by atoms with Gasteiger partial charge >= 0.3 is 0 Å². The summed E-state index contributed by atoms with van der Waals surface area (Å²) in [7, 11) is 1.52. The molecule has 10 nitrogen and oxygen atoms in total. The molecule has 3 saturated heterocycles. The van der Waals surface area contributed by atoms with Crippen LogP contribution in [0.2, 0.25) is 0 Å². The zero-order valence-electron chi connectivity index (χ0n) is 19.0. The molecule has 2 N–H and O–H groups in total. The molecule has 3 heterocycles. The van der Waals surface area contributed by atoms with E-state index in [9.17, 15) is 9.59 Å². The van der Waals surface area contributed by atoms with Crippen LogP contribution in [0.3, 0.4) is 0 Å². The van der Waals surface area contributed by atoms with E-state index in [4.69, 9.17) is 28.4 Å². The highest BCUT2D eigenvalue weighted by molar-refractivity contribution is 5.98. The van der Waals surface area contributed by atoms with Gasteiger partial charge in [0.25, 0.3) is 5.91 Å². The molecule has 1 aromatic rings. The fourth-order valence-electron chi connectivity index (χ4n) is 4.17. The van der Waals surface area contributed by atoms with Crippen LogP contribution < -0.4 is 15.4 Å². The van der Waals surface area contributed by atoms with E-state index in [2.05, 4.69) is 10.6 Å². The first kappa shape index (κ1) is 22.9. The van der Waals surface area contributed by atoms with Gasteiger partial charge in [-0.2, -0.15) is 0 Å². The molecule has 0 bridgehead atoms. The van der Waals surface area contributed by atoms with Gasteiger partial charge in [-0.05, 0) is 46.8 Å². The number of methoxy groups -OCH3 is 1. The molecule has 6 atom stereocenters. The average molecular weight is 450 g/mol. The number of anilines is 1. The van der Waals surface area contributed by atoms with Crippen LogP contribution >= 0.6 is 0 Å². The van der Waals surface area contributed by atoms with E-state index in [0.29, 0.717) is 11.4 Å². The summed E-state index contributed by atoms with van der Waals surface area (Å²) in [4.78, 5) is 25.8. The molecule has 0 spiro atoms. The van der Waals surface area contributed by atoms with Crippen molar-refractivity contribution in [3.8, 4) is 5.75 Å². The number of carbonyl (C=O) groups excluding carboxylic acids is 2. The van der Waals surface area contributed by atoms with E-state index in [1.54, 1.807) is 58.9 Å². The zero-order chi connectivity index (χ0) is 23.3. The van der Waals surface area contributed by atoms with Gasteiger partial charge in [0, 0.05) is 0 Å².